The smallest absolute Gasteiger partial charge is 0.245 e. The van der Waals surface area contributed by atoms with Gasteiger partial charge in [0.15, 0.2) is 5.69 Å². The molecule has 0 fully saturated rings. The quantitative estimate of drug-likeness (QED) is 0.412. The molecule has 0 aromatic heterocycles. The Kier molecular flexibility index (Phi) is 8.15. The number of anilines is 1. The molecule has 8 heteroatoms. The van der Waals surface area contributed by atoms with Crippen molar-refractivity contribution in [1.82, 2.24) is 0 Å². The largest absolute Gasteiger partial charge is 0.380 e. The third kappa shape index (κ3) is 6.47. The number of aliphatic hydroxyl groups is 1. The van der Waals surface area contributed by atoms with Crippen LogP contribution < -0.4 is 5.32 Å². The first-order valence-corrected chi connectivity index (χ1v) is 7.60. The summed E-state index contributed by atoms with van der Waals surface area (Å²) in [5.74, 6) is -0.585. The molecule has 0 unspecified atom stereocenters. The van der Waals surface area contributed by atoms with E-state index >= 15 is 0 Å². The Labute approximate surface area is 175 Å². The van der Waals surface area contributed by atoms with E-state index in [9.17, 15) is 20.0 Å². The van der Waals surface area contributed by atoms with E-state index in [1.54, 1.807) is 12.1 Å². The summed E-state index contributed by atoms with van der Waals surface area (Å²) < 4.78 is 0. The van der Waals surface area contributed by atoms with Crippen LogP contribution >= 0.6 is 11.6 Å². The first kappa shape index (κ1) is 21.7. The van der Waals surface area contributed by atoms with Crippen molar-refractivity contribution in [3.8, 4) is 0 Å². The number of halogens is 1. The number of benzene rings is 2. The Morgan fingerprint density at radius 1 is 1.32 bits per heavy atom. The zero-order valence-corrected chi connectivity index (χ0v) is 17.1. The van der Waals surface area contributed by atoms with E-state index in [0.29, 0.717) is 17.1 Å². The van der Waals surface area contributed by atoms with Crippen molar-refractivity contribution in [1.29, 1.82) is 0 Å². The third-order valence-corrected chi connectivity index (χ3v) is 3.81. The van der Waals surface area contributed by atoms with Crippen molar-refractivity contribution >= 4 is 28.9 Å². The molecule has 25 heavy (non-hydrogen) atoms. The number of non-ortho nitro benzene ring substituents is 1. The molecule has 0 heterocycles. The zero-order chi connectivity index (χ0) is 17.7. The van der Waals surface area contributed by atoms with Crippen LogP contribution in [0.3, 0.4) is 0 Å². The number of nitro benzene ring substituents is 1. The Morgan fingerprint density at radius 2 is 1.96 bits per heavy atom. The van der Waals surface area contributed by atoms with Crippen LogP contribution in [0, 0.1) is 16.2 Å². The van der Waals surface area contributed by atoms with Crippen molar-refractivity contribution in [2.45, 2.75) is 25.4 Å². The Bertz CT molecular complexity index is 733. The van der Waals surface area contributed by atoms with Crippen LogP contribution in [0.2, 0.25) is 5.02 Å². The summed E-state index contributed by atoms with van der Waals surface area (Å²) in [7, 11) is 0. The molecule has 0 spiro atoms. The second kappa shape index (κ2) is 9.39. The average Bonchev–Trinajstić information content (AvgIpc) is 2.55. The van der Waals surface area contributed by atoms with Gasteiger partial charge in [-0.25, -0.2) is 0 Å². The fraction of sp³-hybridized carbons (Fsp3) is 0.235. The van der Waals surface area contributed by atoms with Gasteiger partial charge in [0.2, 0.25) is 5.91 Å². The van der Waals surface area contributed by atoms with Gasteiger partial charge in [0.05, 0.1) is 0 Å². The van der Waals surface area contributed by atoms with Gasteiger partial charge in [-0.1, -0.05) is 41.6 Å². The van der Waals surface area contributed by atoms with E-state index in [4.69, 9.17) is 11.6 Å². The molecule has 0 aliphatic heterocycles. The fourth-order valence-electron chi connectivity index (χ4n) is 2.03. The minimum atomic E-state index is -1.58. The molecule has 2 N–H and O–H groups in total. The molecule has 1 amide bonds. The van der Waals surface area contributed by atoms with Crippen molar-refractivity contribution in [3.05, 3.63) is 69.2 Å². The van der Waals surface area contributed by atoms with E-state index in [2.05, 4.69) is 11.4 Å². The molecule has 0 saturated carbocycles. The number of nitrogens with zero attached hydrogens (tertiary/aromatic N) is 1. The number of carbonyl (C=O) groups is 1. The molecule has 129 valence electrons. The third-order valence-electron chi connectivity index (χ3n) is 3.55. The maximum atomic E-state index is 12.2. The molecular weight excluding hydrogens is 421 g/mol. The number of hydrogen-bond acceptors (Lipinski definition) is 4. The minimum absolute atomic E-state index is 0. The van der Waals surface area contributed by atoms with Gasteiger partial charge in [-0.15, -0.1) is 12.1 Å². The van der Waals surface area contributed by atoms with Gasteiger partial charge in [-0.3, -0.25) is 14.9 Å². The van der Waals surface area contributed by atoms with Crippen LogP contribution in [0.15, 0.2) is 42.5 Å². The van der Waals surface area contributed by atoms with Gasteiger partial charge >= 0.3 is 0 Å². The minimum Gasteiger partial charge on any atom is -0.380 e. The zero-order valence-electron chi connectivity index (χ0n) is 13.5. The number of carbonyl (C=O) groups excluding carboxylic acids is 1. The van der Waals surface area contributed by atoms with Gasteiger partial charge in [0.1, 0.15) is 5.60 Å². The number of amides is 1. The molecule has 2 aromatic rings. The SMILES string of the molecule is C[C@](O)(CCc1ccc(Cl)cc1)C(=O)Nc1c[c-]c([N+](=O)[O-])cc1.[Y]. The molecule has 6 nitrogen and oxygen atoms in total. The topological polar surface area (TPSA) is 92.5 Å². The molecule has 2 rings (SSSR count). The summed E-state index contributed by atoms with van der Waals surface area (Å²) in [6.07, 6.45) is 0.723. The monoisotopic (exact) mass is 436 g/mol. The van der Waals surface area contributed by atoms with E-state index in [1.165, 1.54) is 25.1 Å². The Hall–Kier alpha value is -1.34. The molecule has 1 atom stereocenters. The summed E-state index contributed by atoms with van der Waals surface area (Å²) in [4.78, 5) is 22.2. The normalized spacial score (nSPS) is 12.6. The van der Waals surface area contributed by atoms with Gasteiger partial charge in [0, 0.05) is 42.7 Å². The summed E-state index contributed by atoms with van der Waals surface area (Å²) in [6.45, 7) is 1.42. The first-order chi connectivity index (χ1) is 11.3. The Morgan fingerprint density at radius 3 is 2.48 bits per heavy atom. The van der Waals surface area contributed by atoms with Crippen molar-refractivity contribution < 1.29 is 47.5 Å². The van der Waals surface area contributed by atoms with Crippen LogP contribution in [-0.4, -0.2) is 21.5 Å². The number of nitro groups is 1. The van der Waals surface area contributed by atoms with E-state index in [-0.39, 0.29) is 44.8 Å². The van der Waals surface area contributed by atoms with Crippen LogP contribution in [0.4, 0.5) is 11.4 Å². The summed E-state index contributed by atoms with van der Waals surface area (Å²) >= 11 is 5.81. The molecule has 0 aliphatic carbocycles. The second-order valence-corrected chi connectivity index (χ2v) is 6.01. The fourth-order valence-corrected chi connectivity index (χ4v) is 2.15. The molecule has 0 bridgehead atoms. The van der Waals surface area contributed by atoms with Crippen molar-refractivity contribution in [3.63, 3.8) is 0 Å². The average molecular weight is 437 g/mol. The molecular formula is C17H16ClN2O4Y-. The maximum Gasteiger partial charge on any atom is 0.245 e. The summed E-state index contributed by atoms with van der Waals surface area (Å²) in [5.41, 5.74) is -0.488. The van der Waals surface area contributed by atoms with Crippen LogP contribution in [0.5, 0.6) is 0 Å². The van der Waals surface area contributed by atoms with E-state index in [1.807, 2.05) is 12.1 Å². The van der Waals surface area contributed by atoms with Crippen LogP contribution in [0.25, 0.3) is 0 Å². The Balaban J connectivity index is 0.00000312. The standard InChI is InChI=1S/C17H16ClN2O4.Y/c1-17(22,11-10-12-2-4-13(18)5-3-12)16(21)19-14-6-8-15(9-7-14)20(23)24;/h2-8,22H,10-11H2,1H3,(H,19,21);/q-1;/t17-;/m0./s1. The molecule has 1 radical (unpaired) electrons. The van der Waals surface area contributed by atoms with Gasteiger partial charge in [0.25, 0.3) is 0 Å². The van der Waals surface area contributed by atoms with Gasteiger partial charge in [-0.05, 0) is 37.5 Å². The predicted octanol–water partition coefficient (Wildman–Crippen LogP) is 3.37. The van der Waals surface area contributed by atoms with Gasteiger partial charge < -0.3 is 10.4 Å². The number of nitrogens with one attached hydrogen (secondary N) is 1. The second-order valence-electron chi connectivity index (χ2n) is 5.57. The summed E-state index contributed by atoms with van der Waals surface area (Å²) in [6, 6.07) is 13.5. The van der Waals surface area contributed by atoms with Crippen LogP contribution in [0.1, 0.15) is 18.9 Å². The number of rotatable bonds is 6. The maximum absolute atomic E-state index is 12.2. The first-order valence-electron chi connectivity index (χ1n) is 7.22. The molecule has 0 aliphatic rings. The number of aryl methyl sites for hydroxylation is 1. The van der Waals surface area contributed by atoms with Gasteiger partial charge in [-0.2, -0.15) is 0 Å². The molecule has 2 aromatic carbocycles. The van der Waals surface area contributed by atoms with E-state index in [0.717, 1.165) is 5.56 Å². The number of hydrogen-bond donors (Lipinski definition) is 2. The molecule has 0 saturated heterocycles. The van der Waals surface area contributed by atoms with Crippen molar-refractivity contribution in [2.24, 2.45) is 0 Å². The van der Waals surface area contributed by atoms with Crippen molar-refractivity contribution in [2.75, 3.05) is 5.32 Å². The summed E-state index contributed by atoms with van der Waals surface area (Å²) in [5, 5.41) is 24.1. The van der Waals surface area contributed by atoms with E-state index < -0.39 is 16.4 Å². The van der Waals surface area contributed by atoms with Crippen LogP contribution in [-0.2, 0) is 43.9 Å². The predicted molar refractivity (Wildman–Crippen MR) is 91.0 cm³/mol.